The van der Waals surface area contributed by atoms with Crippen molar-refractivity contribution in [1.82, 2.24) is 0 Å². The van der Waals surface area contributed by atoms with Gasteiger partial charge in [0.05, 0.1) is 5.41 Å². The van der Waals surface area contributed by atoms with Crippen LogP contribution in [0.4, 0.5) is 5.69 Å². The first kappa shape index (κ1) is 18.8. The molecular formula is C19H20ClNO4. The monoisotopic (exact) mass is 361 g/mol. The van der Waals surface area contributed by atoms with Crippen LogP contribution in [0.1, 0.15) is 25.0 Å². The van der Waals surface area contributed by atoms with Crippen molar-refractivity contribution in [1.29, 1.82) is 0 Å². The van der Waals surface area contributed by atoms with Gasteiger partial charge in [-0.1, -0.05) is 29.8 Å². The molecule has 2 aromatic carbocycles. The number of nitrogens with one attached hydrogen (secondary N) is 1. The minimum absolute atomic E-state index is 0.192. The van der Waals surface area contributed by atoms with Crippen LogP contribution in [-0.4, -0.2) is 23.6 Å². The molecule has 1 amide bonds. The van der Waals surface area contributed by atoms with E-state index in [9.17, 15) is 9.59 Å². The van der Waals surface area contributed by atoms with Gasteiger partial charge in [0.2, 0.25) is 5.91 Å². The Bertz CT molecular complexity index is 802. The quantitative estimate of drug-likeness (QED) is 0.814. The Morgan fingerprint density at radius 1 is 1.20 bits per heavy atom. The topological polar surface area (TPSA) is 75.6 Å². The summed E-state index contributed by atoms with van der Waals surface area (Å²) in [7, 11) is 0. The van der Waals surface area contributed by atoms with Crippen LogP contribution in [0.5, 0.6) is 5.75 Å². The summed E-state index contributed by atoms with van der Waals surface area (Å²) in [5.74, 6) is -0.803. The number of rotatable bonds is 6. The summed E-state index contributed by atoms with van der Waals surface area (Å²) in [5.41, 5.74) is 1.33. The Labute approximate surface area is 151 Å². The Morgan fingerprint density at radius 2 is 1.88 bits per heavy atom. The van der Waals surface area contributed by atoms with E-state index < -0.39 is 18.0 Å². The fraction of sp³-hybridized carbons (Fsp3) is 0.263. The molecule has 2 aromatic rings. The zero-order valence-electron chi connectivity index (χ0n) is 14.3. The molecule has 0 fully saturated rings. The van der Waals surface area contributed by atoms with Crippen LogP contribution >= 0.6 is 11.6 Å². The van der Waals surface area contributed by atoms with Gasteiger partial charge < -0.3 is 15.2 Å². The van der Waals surface area contributed by atoms with Gasteiger partial charge in [0.15, 0.2) is 6.61 Å². The fourth-order valence-corrected chi connectivity index (χ4v) is 2.75. The largest absolute Gasteiger partial charge is 0.482 e. The van der Waals surface area contributed by atoms with Crippen LogP contribution in [0.15, 0.2) is 42.5 Å². The Hall–Kier alpha value is -2.53. The van der Waals surface area contributed by atoms with Gasteiger partial charge in [-0.15, -0.1) is 0 Å². The third-order valence-electron chi connectivity index (χ3n) is 3.92. The van der Waals surface area contributed by atoms with E-state index in [-0.39, 0.29) is 5.91 Å². The molecule has 2 N–H and O–H groups in total. The molecule has 0 unspecified atom stereocenters. The summed E-state index contributed by atoms with van der Waals surface area (Å²) in [5, 5.41) is 12.1. The molecule has 0 aliphatic heterocycles. The van der Waals surface area contributed by atoms with Crippen LogP contribution in [0.2, 0.25) is 5.02 Å². The summed E-state index contributed by atoms with van der Waals surface area (Å²) in [6, 6.07) is 12.2. The van der Waals surface area contributed by atoms with Crippen molar-refractivity contribution < 1.29 is 19.4 Å². The first-order chi connectivity index (χ1) is 11.7. The average molecular weight is 362 g/mol. The zero-order chi connectivity index (χ0) is 18.6. The van der Waals surface area contributed by atoms with Crippen molar-refractivity contribution in [3.63, 3.8) is 0 Å². The van der Waals surface area contributed by atoms with E-state index in [4.69, 9.17) is 21.4 Å². The molecule has 0 spiro atoms. The maximum absolute atomic E-state index is 12.8. The van der Waals surface area contributed by atoms with E-state index in [2.05, 4.69) is 5.32 Å². The summed E-state index contributed by atoms with van der Waals surface area (Å²) < 4.78 is 5.13. The number of carbonyl (C=O) groups is 2. The highest BCUT2D eigenvalue weighted by molar-refractivity contribution is 6.31. The summed E-state index contributed by atoms with van der Waals surface area (Å²) >= 11 is 6.22. The van der Waals surface area contributed by atoms with Crippen molar-refractivity contribution >= 4 is 29.2 Å². The van der Waals surface area contributed by atoms with Crippen LogP contribution in [0, 0.1) is 6.92 Å². The van der Waals surface area contributed by atoms with Crippen molar-refractivity contribution in [2.75, 3.05) is 11.9 Å². The lowest BCUT2D eigenvalue weighted by atomic mass is 9.83. The molecule has 0 bridgehead atoms. The van der Waals surface area contributed by atoms with Gasteiger partial charge >= 0.3 is 5.97 Å². The van der Waals surface area contributed by atoms with E-state index in [0.29, 0.717) is 16.5 Å². The van der Waals surface area contributed by atoms with E-state index in [1.807, 2.05) is 39.0 Å². The van der Waals surface area contributed by atoms with Gasteiger partial charge in [0.25, 0.3) is 0 Å². The number of amides is 1. The number of aliphatic carboxylic acids is 1. The average Bonchev–Trinajstić information content (AvgIpc) is 2.55. The standard InChI is InChI=1S/C19H20ClNO4/c1-12-10-13(25-11-17(22)23)8-9-16(12)21-18(24)19(2,3)14-6-4-5-7-15(14)20/h4-10H,11H2,1-3H3,(H,21,24)(H,22,23). The third-order valence-corrected chi connectivity index (χ3v) is 4.25. The van der Waals surface area contributed by atoms with Crippen molar-refractivity contribution in [3.8, 4) is 5.75 Å². The predicted octanol–water partition coefficient (Wildman–Crippen LogP) is 4.03. The van der Waals surface area contributed by atoms with Crippen LogP contribution < -0.4 is 10.1 Å². The number of carboxylic acid groups (broad SMARTS) is 1. The maximum Gasteiger partial charge on any atom is 0.341 e. The second-order valence-electron chi connectivity index (χ2n) is 6.22. The van der Waals surface area contributed by atoms with Crippen molar-refractivity contribution in [2.24, 2.45) is 0 Å². The predicted molar refractivity (Wildman–Crippen MR) is 97.4 cm³/mol. The van der Waals surface area contributed by atoms with Crippen LogP contribution in [0.25, 0.3) is 0 Å². The smallest absolute Gasteiger partial charge is 0.341 e. The fourth-order valence-electron chi connectivity index (χ4n) is 2.38. The molecule has 0 aliphatic carbocycles. The summed E-state index contributed by atoms with van der Waals surface area (Å²) in [4.78, 5) is 23.3. The number of hydrogen-bond donors (Lipinski definition) is 2. The molecule has 0 aromatic heterocycles. The molecule has 2 rings (SSSR count). The molecule has 132 valence electrons. The number of carbonyl (C=O) groups excluding carboxylic acids is 1. The number of ether oxygens (including phenoxy) is 1. The van der Waals surface area contributed by atoms with Crippen LogP contribution in [0.3, 0.4) is 0 Å². The highest BCUT2D eigenvalue weighted by Crippen LogP contribution is 2.31. The Balaban J connectivity index is 2.17. The van der Waals surface area contributed by atoms with Gasteiger partial charge in [-0.2, -0.15) is 0 Å². The number of aryl methyl sites for hydroxylation is 1. The maximum atomic E-state index is 12.8. The zero-order valence-corrected chi connectivity index (χ0v) is 15.1. The molecule has 0 atom stereocenters. The minimum atomic E-state index is -1.04. The summed E-state index contributed by atoms with van der Waals surface area (Å²) in [6.07, 6.45) is 0. The lowest BCUT2D eigenvalue weighted by Crippen LogP contribution is -2.35. The molecule has 25 heavy (non-hydrogen) atoms. The Morgan fingerprint density at radius 3 is 2.48 bits per heavy atom. The van der Waals surface area contributed by atoms with Crippen molar-refractivity contribution in [3.05, 3.63) is 58.6 Å². The number of benzene rings is 2. The van der Waals surface area contributed by atoms with E-state index in [0.717, 1.165) is 11.1 Å². The number of anilines is 1. The van der Waals surface area contributed by atoms with E-state index >= 15 is 0 Å². The highest BCUT2D eigenvalue weighted by atomic mass is 35.5. The molecule has 6 heteroatoms. The lowest BCUT2D eigenvalue weighted by molar-refractivity contribution is -0.139. The molecule has 0 aliphatic rings. The van der Waals surface area contributed by atoms with Crippen molar-refractivity contribution in [2.45, 2.75) is 26.2 Å². The van der Waals surface area contributed by atoms with Gasteiger partial charge in [-0.3, -0.25) is 4.79 Å². The molecule has 5 nitrogen and oxygen atoms in total. The first-order valence-corrected chi connectivity index (χ1v) is 8.11. The summed E-state index contributed by atoms with van der Waals surface area (Å²) in [6.45, 7) is 5.02. The second kappa shape index (κ2) is 7.57. The second-order valence-corrected chi connectivity index (χ2v) is 6.63. The van der Waals surface area contributed by atoms with Crippen LogP contribution in [-0.2, 0) is 15.0 Å². The molecule has 0 heterocycles. The first-order valence-electron chi connectivity index (χ1n) is 7.73. The van der Waals surface area contributed by atoms with Gasteiger partial charge in [-0.05, 0) is 56.2 Å². The normalized spacial score (nSPS) is 11.0. The SMILES string of the molecule is Cc1cc(OCC(=O)O)ccc1NC(=O)C(C)(C)c1ccccc1Cl. The lowest BCUT2D eigenvalue weighted by Gasteiger charge is -2.25. The third kappa shape index (κ3) is 4.51. The molecule has 0 saturated heterocycles. The van der Waals surface area contributed by atoms with Gasteiger partial charge in [0, 0.05) is 10.7 Å². The molecule has 0 saturated carbocycles. The molecule has 0 radical (unpaired) electrons. The van der Waals surface area contributed by atoms with E-state index in [1.165, 1.54) is 0 Å². The minimum Gasteiger partial charge on any atom is -0.482 e. The number of carboxylic acids is 1. The highest BCUT2D eigenvalue weighted by Gasteiger charge is 2.31. The molecular weight excluding hydrogens is 342 g/mol. The number of hydrogen-bond acceptors (Lipinski definition) is 3. The van der Waals surface area contributed by atoms with Gasteiger partial charge in [-0.25, -0.2) is 4.79 Å². The van der Waals surface area contributed by atoms with E-state index in [1.54, 1.807) is 24.3 Å². The van der Waals surface area contributed by atoms with Gasteiger partial charge in [0.1, 0.15) is 5.75 Å². The number of halogens is 1. The Kier molecular flexibility index (Phi) is 5.69.